The number of carbonyl (C=O) groups excluding carboxylic acids is 1. The lowest BCUT2D eigenvalue weighted by Crippen LogP contribution is -2.07. The number of nitrogens with zero attached hydrogens (tertiary/aromatic N) is 3. The number of thiazole rings is 1. The summed E-state index contributed by atoms with van der Waals surface area (Å²) in [4.78, 5) is 26.3. The van der Waals surface area contributed by atoms with Crippen molar-refractivity contribution in [2.75, 3.05) is 5.32 Å². The van der Waals surface area contributed by atoms with Gasteiger partial charge in [0.25, 0.3) is 0 Å². The van der Waals surface area contributed by atoms with E-state index in [1.165, 1.54) is 5.56 Å². The number of anilines is 2. The average molecular weight is 350 g/mol. The second-order valence-corrected chi connectivity index (χ2v) is 7.48. The Labute approximate surface area is 150 Å². The standard InChI is InChI=1S/C19H18N4OS/c1-11(24)8-13-4-3-5-15(9-13)22-19-20-10-14-6-7-16-18(17(14)23-19)25-12(2)21-16/h3-5,9-10H,6-8H2,1-2H3,(H,20,22,23). The molecule has 2 aromatic heterocycles. The van der Waals surface area contributed by atoms with Gasteiger partial charge in [0.2, 0.25) is 5.95 Å². The molecule has 1 aliphatic carbocycles. The van der Waals surface area contributed by atoms with Crippen LogP contribution in [0.4, 0.5) is 11.6 Å². The molecule has 0 unspecified atom stereocenters. The molecular formula is C19H18N4OS. The van der Waals surface area contributed by atoms with Crippen molar-refractivity contribution in [3.63, 3.8) is 0 Å². The van der Waals surface area contributed by atoms with Crippen LogP contribution in [0.5, 0.6) is 0 Å². The third kappa shape index (κ3) is 3.30. The monoisotopic (exact) mass is 350 g/mol. The third-order valence-electron chi connectivity index (χ3n) is 4.15. The Kier molecular flexibility index (Phi) is 4.05. The van der Waals surface area contributed by atoms with Crippen LogP contribution in [0.3, 0.4) is 0 Å². The molecule has 0 radical (unpaired) electrons. The Morgan fingerprint density at radius 2 is 2.16 bits per heavy atom. The molecule has 0 saturated heterocycles. The predicted molar refractivity (Wildman–Crippen MR) is 99.4 cm³/mol. The highest BCUT2D eigenvalue weighted by Gasteiger charge is 2.22. The first kappa shape index (κ1) is 15.9. The minimum absolute atomic E-state index is 0.148. The summed E-state index contributed by atoms with van der Waals surface area (Å²) in [6.45, 7) is 3.63. The Balaban J connectivity index is 1.64. The summed E-state index contributed by atoms with van der Waals surface area (Å²) in [6, 6.07) is 7.80. The van der Waals surface area contributed by atoms with Crippen LogP contribution in [0.2, 0.25) is 0 Å². The first-order valence-corrected chi connectivity index (χ1v) is 9.08. The minimum atomic E-state index is 0.148. The third-order valence-corrected chi connectivity index (χ3v) is 5.17. The van der Waals surface area contributed by atoms with Gasteiger partial charge in [0.05, 0.1) is 21.3 Å². The normalized spacial score (nSPS) is 12.4. The molecule has 3 aromatic rings. The number of fused-ring (bicyclic) bond motifs is 3. The van der Waals surface area contributed by atoms with Crippen LogP contribution in [-0.2, 0) is 24.1 Å². The lowest BCUT2D eigenvalue weighted by molar-refractivity contribution is -0.116. The molecule has 0 saturated carbocycles. The van der Waals surface area contributed by atoms with Crippen LogP contribution in [0.25, 0.3) is 10.6 Å². The summed E-state index contributed by atoms with van der Waals surface area (Å²) < 4.78 is 0. The average Bonchev–Trinajstić information content (AvgIpc) is 2.95. The highest BCUT2D eigenvalue weighted by Crippen LogP contribution is 2.36. The van der Waals surface area contributed by atoms with E-state index in [0.717, 1.165) is 45.4 Å². The Bertz CT molecular complexity index is 964. The number of hydrogen-bond donors (Lipinski definition) is 1. The van der Waals surface area contributed by atoms with Gasteiger partial charge in [0.1, 0.15) is 5.78 Å². The number of rotatable bonds is 4. The first-order chi connectivity index (χ1) is 12.1. The van der Waals surface area contributed by atoms with Crippen molar-refractivity contribution in [1.82, 2.24) is 15.0 Å². The molecule has 0 bridgehead atoms. The SMILES string of the molecule is CC(=O)Cc1cccc(Nc2ncc3c(n2)-c2sc(C)nc2CC3)c1. The van der Waals surface area contributed by atoms with E-state index in [4.69, 9.17) is 4.98 Å². The molecule has 5 nitrogen and oxygen atoms in total. The van der Waals surface area contributed by atoms with Gasteiger partial charge in [-0.05, 0) is 49.9 Å². The summed E-state index contributed by atoms with van der Waals surface area (Å²) in [5.74, 6) is 0.716. The van der Waals surface area contributed by atoms with E-state index in [9.17, 15) is 4.79 Å². The van der Waals surface area contributed by atoms with Gasteiger partial charge in [-0.25, -0.2) is 15.0 Å². The maximum absolute atomic E-state index is 11.3. The number of ketones is 1. The van der Waals surface area contributed by atoms with Crippen LogP contribution in [0.15, 0.2) is 30.5 Å². The smallest absolute Gasteiger partial charge is 0.227 e. The fourth-order valence-corrected chi connectivity index (χ4v) is 4.09. The zero-order chi connectivity index (χ0) is 17.4. The van der Waals surface area contributed by atoms with Gasteiger partial charge in [-0.3, -0.25) is 4.79 Å². The fourth-order valence-electron chi connectivity index (χ4n) is 3.10. The molecule has 4 rings (SSSR count). The second-order valence-electron chi connectivity index (χ2n) is 6.28. The van der Waals surface area contributed by atoms with E-state index < -0.39 is 0 Å². The second kappa shape index (κ2) is 6.37. The van der Waals surface area contributed by atoms with Crippen molar-refractivity contribution in [2.45, 2.75) is 33.1 Å². The van der Waals surface area contributed by atoms with Gasteiger partial charge >= 0.3 is 0 Å². The van der Waals surface area contributed by atoms with Crippen molar-refractivity contribution < 1.29 is 4.79 Å². The topological polar surface area (TPSA) is 67.8 Å². The summed E-state index contributed by atoms with van der Waals surface area (Å²) in [5.41, 5.74) is 5.17. The summed E-state index contributed by atoms with van der Waals surface area (Å²) in [7, 11) is 0. The van der Waals surface area contributed by atoms with Crippen molar-refractivity contribution in [2.24, 2.45) is 0 Å². The Morgan fingerprint density at radius 3 is 3.00 bits per heavy atom. The van der Waals surface area contributed by atoms with E-state index in [2.05, 4.69) is 15.3 Å². The van der Waals surface area contributed by atoms with Gasteiger partial charge < -0.3 is 5.32 Å². The molecule has 1 aromatic carbocycles. The summed E-state index contributed by atoms with van der Waals surface area (Å²) >= 11 is 1.69. The fraction of sp³-hybridized carbons (Fsp3) is 0.263. The Hall–Kier alpha value is -2.60. The zero-order valence-corrected chi connectivity index (χ0v) is 15.0. The van der Waals surface area contributed by atoms with Crippen LogP contribution in [0.1, 0.15) is 28.8 Å². The maximum Gasteiger partial charge on any atom is 0.227 e. The van der Waals surface area contributed by atoms with Crippen molar-refractivity contribution in [3.8, 4) is 10.6 Å². The Morgan fingerprint density at radius 1 is 1.28 bits per heavy atom. The highest BCUT2D eigenvalue weighted by atomic mass is 32.1. The number of benzene rings is 1. The molecule has 0 spiro atoms. The van der Waals surface area contributed by atoms with Gasteiger partial charge in [-0.1, -0.05) is 12.1 Å². The molecule has 2 heterocycles. The molecule has 0 fully saturated rings. The molecule has 1 aliphatic rings. The number of Topliss-reactive ketones (excluding diaryl/α,β-unsaturated/α-hetero) is 1. The number of aryl methyl sites for hydroxylation is 3. The molecule has 0 atom stereocenters. The predicted octanol–water partition coefficient (Wildman–Crippen LogP) is 3.88. The molecule has 25 heavy (non-hydrogen) atoms. The first-order valence-electron chi connectivity index (χ1n) is 8.26. The largest absolute Gasteiger partial charge is 0.324 e. The number of nitrogens with one attached hydrogen (secondary N) is 1. The van der Waals surface area contributed by atoms with E-state index >= 15 is 0 Å². The lowest BCUT2D eigenvalue weighted by atomic mass is 10.00. The maximum atomic E-state index is 11.3. The van der Waals surface area contributed by atoms with Crippen LogP contribution >= 0.6 is 11.3 Å². The number of carbonyl (C=O) groups is 1. The van der Waals surface area contributed by atoms with Gasteiger partial charge in [-0.15, -0.1) is 11.3 Å². The minimum Gasteiger partial charge on any atom is -0.324 e. The van der Waals surface area contributed by atoms with E-state index in [-0.39, 0.29) is 5.78 Å². The van der Waals surface area contributed by atoms with Crippen molar-refractivity contribution >= 4 is 28.8 Å². The molecule has 0 aliphatic heterocycles. The van der Waals surface area contributed by atoms with E-state index in [1.54, 1.807) is 18.3 Å². The van der Waals surface area contributed by atoms with Gasteiger partial charge in [0, 0.05) is 18.3 Å². The molecule has 1 N–H and O–H groups in total. The highest BCUT2D eigenvalue weighted by molar-refractivity contribution is 7.15. The summed E-state index contributed by atoms with van der Waals surface area (Å²) in [5, 5.41) is 4.33. The van der Waals surface area contributed by atoms with Crippen molar-refractivity contribution in [1.29, 1.82) is 0 Å². The molecule has 126 valence electrons. The van der Waals surface area contributed by atoms with Gasteiger partial charge in [-0.2, -0.15) is 0 Å². The molecule has 0 amide bonds. The quantitative estimate of drug-likeness (QED) is 0.773. The van der Waals surface area contributed by atoms with Gasteiger partial charge in [0.15, 0.2) is 0 Å². The molecule has 6 heteroatoms. The number of hydrogen-bond acceptors (Lipinski definition) is 6. The van der Waals surface area contributed by atoms with Crippen LogP contribution in [-0.4, -0.2) is 20.7 Å². The van der Waals surface area contributed by atoms with E-state index in [1.807, 2.05) is 37.4 Å². The van der Waals surface area contributed by atoms with Crippen LogP contribution in [0, 0.1) is 6.92 Å². The lowest BCUT2D eigenvalue weighted by Gasteiger charge is -2.15. The van der Waals surface area contributed by atoms with Crippen molar-refractivity contribution in [3.05, 3.63) is 52.3 Å². The molecular weight excluding hydrogens is 332 g/mol. The number of aromatic nitrogens is 3. The van der Waals surface area contributed by atoms with E-state index in [0.29, 0.717) is 12.4 Å². The van der Waals surface area contributed by atoms with Crippen LogP contribution < -0.4 is 5.32 Å². The zero-order valence-electron chi connectivity index (χ0n) is 14.2. The summed E-state index contributed by atoms with van der Waals surface area (Å²) in [6.07, 6.45) is 4.22.